The largest absolute Gasteiger partial charge is 0.497 e. The summed E-state index contributed by atoms with van der Waals surface area (Å²) in [5.41, 5.74) is 1.35. The lowest BCUT2D eigenvalue weighted by Gasteiger charge is -2.20. The molecule has 1 atom stereocenters. The molecule has 0 aromatic heterocycles. The summed E-state index contributed by atoms with van der Waals surface area (Å²) in [5.74, 6) is 1.58. The summed E-state index contributed by atoms with van der Waals surface area (Å²) in [7, 11) is 1.72. The van der Waals surface area contributed by atoms with Crippen LogP contribution in [0.1, 0.15) is 39.2 Å². The van der Waals surface area contributed by atoms with Gasteiger partial charge in [0.05, 0.1) is 7.11 Å². The Morgan fingerprint density at radius 1 is 1.24 bits per heavy atom. The van der Waals surface area contributed by atoms with Crippen LogP contribution in [0.3, 0.4) is 0 Å². The van der Waals surface area contributed by atoms with E-state index in [-0.39, 0.29) is 0 Å². The summed E-state index contributed by atoms with van der Waals surface area (Å²) in [6, 6.07) is 8.93. The van der Waals surface area contributed by atoms with Crippen LogP contribution in [0.4, 0.5) is 0 Å². The Labute approximate surface area is 130 Å². The number of ether oxygens (including phenoxy) is 2. The average molecular weight is 293 g/mol. The van der Waals surface area contributed by atoms with Crippen molar-refractivity contribution in [2.75, 3.05) is 26.9 Å². The fourth-order valence-electron chi connectivity index (χ4n) is 2.43. The molecule has 1 N–H and O–H groups in total. The Hall–Kier alpha value is -1.06. The Morgan fingerprint density at radius 3 is 2.71 bits per heavy atom. The van der Waals surface area contributed by atoms with Gasteiger partial charge in [0.1, 0.15) is 5.75 Å². The minimum Gasteiger partial charge on any atom is -0.497 e. The first kappa shape index (κ1) is 18.0. The molecule has 0 amide bonds. The molecule has 0 fully saturated rings. The van der Waals surface area contributed by atoms with Crippen LogP contribution in [-0.4, -0.2) is 32.9 Å². The van der Waals surface area contributed by atoms with Gasteiger partial charge in [-0.1, -0.05) is 26.0 Å². The van der Waals surface area contributed by atoms with Crippen LogP contribution in [0.2, 0.25) is 0 Å². The summed E-state index contributed by atoms with van der Waals surface area (Å²) < 4.78 is 10.8. The third kappa shape index (κ3) is 8.08. The van der Waals surface area contributed by atoms with E-state index in [1.54, 1.807) is 7.11 Å². The molecule has 120 valence electrons. The zero-order chi connectivity index (χ0) is 15.5. The number of hydrogen-bond acceptors (Lipinski definition) is 3. The first-order valence-corrected chi connectivity index (χ1v) is 8.09. The van der Waals surface area contributed by atoms with Crippen LogP contribution in [0.25, 0.3) is 0 Å². The fourth-order valence-corrected chi connectivity index (χ4v) is 2.43. The van der Waals surface area contributed by atoms with Crippen molar-refractivity contribution in [3.63, 3.8) is 0 Å². The minimum absolute atomic E-state index is 0.532. The first-order valence-electron chi connectivity index (χ1n) is 8.09. The number of benzene rings is 1. The third-order valence-corrected chi connectivity index (χ3v) is 3.58. The summed E-state index contributed by atoms with van der Waals surface area (Å²) in [6.07, 6.45) is 3.40. The van der Waals surface area contributed by atoms with Gasteiger partial charge in [0.2, 0.25) is 0 Å². The summed E-state index contributed by atoms with van der Waals surface area (Å²) >= 11 is 0. The predicted octanol–water partition coefficient (Wildman–Crippen LogP) is 3.67. The van der Waals surface area contributed by atoms with Crippen LogP contribution < -0.4 is 10.1 Å². The lowest BCUT2D eigenvalue weighted by molar-refractivity contribution is 0.139. The van der Waals surface area contributed by atoms with Crippen molar-refractivity contribution >= 4 is 0 Å². The molecular formula is C18H31NO2. The molecule has 0 aliphatic rings. The zero-order valence-electron chi connectivity index (χ0n) is 14.0. The molecule has 1 unspecified atom stereocenters. The molecule has 1 rings (SSSR count). The summed E-state index contributed by atoms with van der Waals surface area (Å²) in [5, 5.41) is 3.56. The van der Waals surface area contributed by atoms with Crippen molar-refractivity contribution in [3.8, 4) is 5.75 Å². The van der Waals surface area contributed by atoms with Gasteiger partial charge in [0, 0.05) is 19.3 Å². The molecule has 0 saturated carbocycles. The molecule has 0 saturated heterocycles. The normalized spacial score (nSPS) is 12.6. The molecule has 0 radical (unpaired) electrons. The smallest absolute Gasteiger partial charge is 0.119 e. The molecule has 0 spiro atoms. The van der Waals surface area contributed by atoms with Gasteiger partial charge in [-0.2, -0.15) is 0 Å². The second-order valence-corrected chi connectivity index (χ2v) is 5.82. The topological polar surface area (TPSA) is 30.5 Å². The Kier molecular flexibility index (Phi) is 9.11. The van der Waals surface area contributed by atoms with Crippen molar-refractivity contribution in [1.82, 2.24) is 5.32 Å². The lowest BCUT2D eigenvalue weighted by Crippen LogP contribution is -2.30. The van der Waals surface area contributed by atoms with Crippen molar-refractivity contribution in [2.45, 2.75) is 46.1 Å². The zero-order valence-corrected chi connectivity index (χ0v) is 14.0. The first-order chi connectivity index (χ1) is 10.2. The van der Waals surface area contributed by atoms with Crippen molar-refractivity contribution < 1.29 is 9.47 Å². The van der Waals surface area contributed by atoms with E-state index in [4.69, 9.17) is 9.47 Å². The standard InChI is InChI=1S/C18H31NO2/c1-5-21-11-7-9-17(14-19-15(2)3)12-16-8-6-10-18(13-16)20-4/h6,8,10,13,15,17,19H,5,7,9,11-12,14H2,1-4H3. The molecule has 0 bridgehead atoms. The quantitative estimate of drug-likeness (QED) is 0.632. The van der Waals surface area contributed by atoms with Gasteiger partial charge in [0.25, 0.3) is 0 Å². The molecule has 3 nitrogen and oxygen atoms in total. The van der Waals surface area contributed by atoms with Gasteiger partial charge in [0.15, 0.2) is 0 Å². The van der Waals surface area contributed by atoms with Crippen LogP contribution >= 0.6 is 0 Å². The van der Waals surface area contributed by atoms with Crippen LogP contribution in [-0.2, 0) is 11.2 Å². The molecule has 0 heterocycles. The van der Waals surface area contributed by atoms with Gasteiger partial charge in [-0.15, -0.1) is 0 Å². The second kappa shape index (κ2) is 10.6. The number of hydrogen-bond donors (Lipinski definition) is 1. The minimum atomic E-state index is 0.532. The summed E-state index contributed by atoms with van der Waals surface area (Å²) in [6.45, 7) is 9.18. The van der Waals surface area contributed by atoms with Crippen molar-refractivity contribution in [3.05, 3.63) is 29.8 Å². The van der Waals surface area contributed by atoms with E-state index in [1.165, 1.54) is 12.0 Å². The predicted molar refractivity (Wildman–Crippen MR) is 89.1 cm³/mol. The van der Waals surface area contributed by atoms with E-state index in [9.17, 15) is 0 Å². The molecule has 1 aromatic rings. The van der Waals surface area contributed by atoms with E-state index in [0.29, 0.717) is 12.0 Å². The fraction of sp³-hybridized carbons (Fsp3) is 0.667. The van der Waals surface area contributed by atoms with Crippen LogP contribution in [0, 0.1) is 5.92 Å². The second-order valence-electron chi connectivity index (χ2n) is 5.82. The van der Waals surface area contributed by atoms with Gasteiger partial charge in [-0.3, -0.25) is 0 Å². The molecule has 3 heteroatoms. The van der Waals surface area contributed by atoms with Crippen LogP contribution in [0.15, 0.2) is 24.3 Å². The van der Waals surface area contributed by atoms with Gasteiger partial charge in [-0.05, 0) is 56.3 Å². The van der Waals surface area contributed by atoms with Gasteiger partial charge in [-0.25, -0.2) is 0 Å². The molecule has 0 aliphatic carbocycles. The number of nitrogens with one attached hydrogen (secondary N) is 1. The Bertz CT molecular complexity index is 379. The lowest BCUT2D eigenvalue weighted by atomic mass is 9.94. The summed E-state index contributed by atoms with van der Waals surface area (Å²) in [4.78, 5) is 0. The third-order valence-electron chi connectivity index (χ3n) is 3.58. The maximum atomic E-state index is 5.46. The van der Waals surface area contributed by atoms with Crippen LogP contribution in [0.5, 0.6) is 5.75 Å². The molecular weight excluding hydrogens is 262 g/mol. The van der Waals surface area contributed by atoms with E-state index in [2.05, 4.69) is 37.4 Å². The SMILES string of the molecule is CCOCCCC(CNC(C)C)Cc1cccc(OC)c1. The highest BCUT2D eigenvalue weighted by Crippen LogP contribution is 2.18. The Morgan fingerprint density at radius 2 is 2.05 bits per heavy atom. The van der Waals surface area contributed by atoms with Gasteiger partial charge >= 0.3 is 0 Å². The Balaban J connectivity index is 2.52. The van der Waals surface area contributed by atoms with Gasteiger partial charge < -0.3 is 14.8 Å². The number of rotatable bonds is 11. The van der Waals surface area contributed by atoms with E-state index >= 15 is 0 Å². The average Bonchev–Trinajstić information content (AvgIpc) is 2.49. The van der Waals surface area contributed by atoms with E-state index in [0.717, 1.165) is 38.3 Å². The highest BCUT2D eigenvalue weighted by atomic mass is 16.5. The highest BCUT2D eigenvalue weighted by molar-refractivity contribution is 5.28. The molecule has 21 heavy (non-hydrogen) atoms. The van der Waals surface area contributed by atoms with E-state index in [1.807, 2.05) is 13.0 Å². The maximum absolute atomic E-state index is 5.46. The molecule has 0 aliphatic heterocycles. The van der Waals surface area contributed by atoms with Crippen molar-refractivity contribution in [1.29, 1.82) is 0 Å². The highest BCUT2D eigenvalue weighted by Gasteiger charge is 2.11. The molecule has 1 aromatic carbocycles. The maximum Gasteiger partial charge on any atom is 0.119 e. The van der Waals surface area contributed by atoms with Crippen molar-refractivity contribution in [2.24, 2.45) is 5.92 Å². The number of methoxy groups -OCH3 is 1. The monoisotopic (exact) mass is 293 g/mol. The van der Waals surface area contributed by atoms with E-state index < -0.39 is 0 Å².